The molecule has 120 valence electrons. The number of carbonyl (C=O) groups is 1. The summed E-state index contributed by atoms with van der Waals surface area (Å²) in [6, 6.07) is 17.7. The molecule has 1 aliphatic carbocycles. The Balaban J connectivity index is 1.58. The fraction of sp³-hybridized carbons (Fsp3) is 0.316. The number of hydrogen-bond acceptors (Lipinski definition) is 3. The van der Waals surface area contributed by atoms with E-state index in [2.05, 4.69) is 17.4 Å². The second-order valence-corrected chi connectivity index (χ2v) is 7.22. The van der Waals surface area contributed by atoms with Crippen LogP contribution in [0.2, 0.25) is 0 Å². The van der Waals surface area contributed by atoms with Crippen LogP contribution in [0.25, 0.3) is 0 Å². The Morgan fingerprint density at radius 1 is 1.22 bits per heavy atom. The van der Waals surface area contributed by atoms with E-state index in [9.17, 15) is 9.90 Å². The smallest absolute Gasteiger partial charge is 0.233 e. The number of thioether (sulfide) groups is 1. The van der Waals surface area contributed by atoms with Gasteiger partial charge in [-0.15, -0.1) is 11.8 Å². The maximum absolute atomic E-state index is 12.4. The largest absolute Gasteiger partial charge is 0.390 e. The fourth-order valence-corrected chi connectivity index (χ4v) is 3.74. The highest BCUT2D eigenvalue weighted by atomic mass is 32.2. The lowest BCUT2D eigenvalue weighted by molar-refractivity contribution is -0.121. The van der Waals surface area contributed by atoms with Gasteiger partial charge in [0.05, 0.1) is 17.4 Å². The molecule has 23 heavy (non-hydrogen) atoms. The van der Waals surface area contributed by atoms with Crippen molar-refractivity contribution in [3.05, 3.63) is 71.3 Å². The first kappa shape index (κ1) is 16.1. The molecule has 3 nitrogen and oxygen atoms in total. The van der Waals surface area contributed by atoms with Gasteiger partial charge in [0.1, 0.15) is 0 Å². The SMILES string of the molecule is CC(SCc1ccccc1)C(=O)NC1c2ccccc2CC1O. The van der Waals surface area contributed by atoms with Crippen molar-refractivity contribution in [1.82, 2.24) is 5.32 Å². The van der Waals surface area contributed by atoms with Gasteiger partial charge in [-0.25, -0.2) is 0 Å². The Morgan fingerprint density at radius 2 is 1.91 bits per heavy atom. The van der Waals surface area contributed by atoms with Crippen molar-refractivity contribution >= 4 is 17.7 Å². The lowest BCUT2D eigenvalue weighted by Crippen LogP contribution is -2.38. The molecule has 1 aliphatic rings. The average molecular weight is 327 g/mol. The average Bonchev–Trinajstić information content (AvgIpc) is 2.89. The number of benzene rings is 2. The molecule has 0 radical (unpaired) electrons. The Bertz CT molecular complexity index is 674. The Labute approximate surface area is 141 Å². The van der Waals surface area contributed by atoms with Gasteiger partial charge in [-0.3, -0.25) is 4.79 Å². The van der Waals surface area contributed by atoms with Gasteiger partial charge in [-0.05, 0) is 23.6 Å². The molecule has 3 rings (SSSR count). The molecule has 0 fully saturated rings. The molecule has 3 unspecified atom stereocenters. The molecule has 2 aromatic rings. The zero-order valence-corrected chi connectivity index (χ0v) is 13.9. The summed E-state index contributed by atoms with van der Waals surface area (Å²) in [6.45, 7) is 1.91. The quantitative estimate of drug-likeness (QED) is 0.887. The molecule has 0 bridgehead atoms. The second-order valence-electron chi connectivity index (χ2n) is 5.90. The van der Waals surface area contributed by atoms with Crippen molar-refractivity contribution in [3.63, 3.8) is 0 Å². The highest BCUT2D eigenvalue weighted by Crippen LogP contribution is 2.31. The summed E-state index contributed by atoms with van der Waals surface area (Å²) in [4.78, 5) is 12.4. The van der Waals surface area contributed by atoms with E-state index >= 15 is 0 Å². The first-order chi connectivity index (χ1) is 11.1. The van der Waals surface area contributed by atoms with Gasteiger partial charge < -0.3 is 10.4 Å². The van der Waals surface area contributed by atoms with Gasteiger partial charge >= 0.3 is 0 Å². The predicted octanol–water partition coefficient (Wildman–Crippen LogP) is 3.08. The van der Waals surface area contributed by atoms with Crippen LogP contribution in [0.15, 0.2) is 54.6 Å². The highest BCUT2D eigenvalue weighted by molar-refractivity contribution is 7.99. The van der Waals surface area contributed by atoms with Gasteiger partial charge in [0.25, 0.3) is 0 Å². The van der Waals surface area contributed by atoms with E-state index in [-0.39, 0.29) is 17.2 Å². The summed E-state index contributed by atoms with van der Waals surface area (Å²) >= 11 is 1.61. The first-order valence-electron chi connectivity index (χ1n) is 7.87. The fourth-order valence-electron chi connectivity index (χ4n) is 2.89. The molecule has 0 aromatic heterocycles. The lowest BCUT2D eigenvalue weighted by atomic mass is 10.1. The van der Waals surface area contributed by atoms with Crippen molar-refractivity contribution in [2.24, 2.45) is 0 Å². The van der Waals surface area contributed by atoms with E-state index in [0.29, 0.717) is 6.42 Å². The van der Waals surface area contributed by atoms with Crippen LogP contribution >= 0.6 is 11.8 Å². The minimum atomic E-state index is -0.539. The standard InChI is InChI=1S/C19H21NO2S/c1-13(23-12-14-7-3-2-4-8-14)19(22)20-18-16-10-6-5-9-15(16)11-17(18)21/h2-10,13,17-18,21H,11-12H2,1H3,(H,20,22). The number of aliphatic hydroxyl groups is 1. The van der Waals surface area contributed by atoms with Crippen LogP contribution in [-0.2, 0) is 17.0 Å². The molecule has 2 N–H and O–H groups in total. The van der Waals surface area contributed by atoms with E-state index in [1.54, 1.807) is 11.8 Å². The predicted molar refractivity (Wildman–Crippen MR) is 94.2 cm³/mol. The zero-order valence-electron chi connectivity index (χ0n) is 13.1. The molecule has 0 aliphatic heterocycles. The first-order valence-corrected chi connectivity index (χ1v) is 8.92. The van der Waals surface area contributed by atoms with Crippen molar-refractivity contribution in [1.29, 1.82) is 0 Å². The Hall–Kier alpha value is -1.78. The van der Waals surface area contributed by atoms with Crippen LogP contribution in [0.3, 0.4) is 0 Å². The minimum Gasteiger partial charge on any atom is -0.390 e. The van der Waals surface area contributed by atoms with Crippen LogP contribution in [0, 0.1) is 0 Å². The number of hydrogen-bond donors (Lipinski definition) is 2. The summed E-state index contributed by atoms with van der Waals surface area (Å²) in [5, 5.41) is 13.1. The number of aliphatic hydroxyl groups excluding tert-OH is 1. The number of carbonyl (C=O) groups excluding carboxylic acids is 1. The third-order valence-corrected chi connectivity index (χ3v) is 5.43. The number of fused-ring (bicyclic) bond motifs is 1. The summed E-state index contributed by atoms with van der Waals surface area (Å²) in [7, 11) is 0. The molecule has 0 saturated carbocycles. The molecule has 1 amide bonds. The monoisotopic (exact) mass is 327 g/mol. The van der Waals surface area contributed by atoms with Crippen LogP contribution < -0.4 is 5.32 Å². The van der Waals surface area contributed by atoms with Crippen LogP contribution in [0.1, 0.15) is 29.7 Å². The van der Waals surface area contributed by atoms with Crippen molar-refractivity contribution in [3.8, 4) is 0 Å². The summed E-state index contributed by atoms with van der Waals surface area (Å²) in [5.74, 6) is 0.783. The van der Waals surface area contributed by atoms with Gasteiger partial charge in [0.2, 0.25) is 5.91 Å². The van der Waals surface area contributed by atoms with Gasteiger partial charge in [0.15, 0.2) is 0 Å². The number of rotatable bonds is 5. The van der Waals surface area contributed by atoms with Gasteiger partial charge in [0, 0.05) is 12.2 Å². The van der Waals surface area contributed by atoms with E-state index in [1.165, 1.54) is 5.56 Å². The van der Waals surface area contributed by atoms with Crippen molar-refractivity contribution in [2.45, 2.75) is 36.5 Å². The molecule has 2 aromatic carbocycles. The summed E-state index contributed by atoms with van der Waals surface area (Å²) < 4.78 is 0. The summed E-state index contributed by atoms with van der Waals surface area (Å²) in [5.41, 5.74) is 3.37. The molecule has 4 heteroatoms. The molecular formula is C19H21NO2S. The van der Waals surface area contributed by atoms with Crippen LogP contribution in [0.5, 0.6) is 0 Å². The maximum Gasteiger partial charge on any atom is 0.233 e. The maximum atomic E-state index is 12.4. The number of amides is 1. The Morgan fingerprint density at radius 3 is 2.70 bits per heavy atom. The van der Waals surface area contributed by atoms with Crippen molar-refractivity contribution in [2.75, 3.05) is 0 Å². The second kappa shape index (κ2) is 7.20. The van der Waals surface area contributed by atoms with E-state index in [0.717, 1.165) is 16.9 Å². The molecule has 3 atom stereocenters. The van der Waals surface area contributed by atoms with Crippen LogP contribution in [0.4, 0.5) is 0 Å². The zero-order chi connectivity index (χ0) is 16.2. The molecular weight excluding hydrogens is 306 g/mol. The summed E-state index contributed by atoms with van der Waals surface area (Å²) in [6.07, 6.45) is 0.0646. The minimum absolute atomic E-state index is 0.0216. The van der Waals surface area contributed by atoms with E-state index in [1.807, 2.05) is 49.4 Å². The topological polar surface area (TPSA) is 49.3 Å². The third-order valence-electron chi connectivity index (χ3n) is 4.21. The lowest BCUT2D eigenvalue weighted by Gasteiger charge is -2.20. The highest BCUT2D eigenvalue weighted by Gasteiger charge is 2.32. The third kappa shape index (κ3) is 3.77. The molecule has 0 spiro atoms. The van der Waals surface area contributed by atoms with E-state index < -0.39 is 6.10 Å². The van der Waals surface area contributed by atoms with Gasteiger partial charge in [-0.2, -0.15) is 0 Å². The number of nitrogens with one attached hydrogen (secondary N) is 1. The normalized spacial score (nSPS) is 20.8. The van der Waals surface area contributed by atoms with Crippen molar-refractivity contribution < 1.29 is 9.90 Å². The van der Waals surface area contributed by atoms with E-state index in [4.69, 9.17) is 0 Å². The van der Waals surface area contributed by atoms with Gasteiger partial charge in [-0.1, -0.05) is 54.6 Å². The molecule has 0 saturated heterocycles. The van der Waals surface area contributed by atoms with Crippen LogP contribution in [-0.4, -0.2) is 22.4 Å². The Kier molecular flexibility index (Phi) is 5.03. The molecule has 0 heterocycles.